The lowest BCUT2D eigenvalue weighted by Crippen LogP contribution is -2.23. The third-order valence-electron chi connectivity index (χ3n) is 5.21. The van der Waals surface area contributed by atoms with Gasteiger partial charge in [0.2, 0.25) is 11.9 Å². The molecule has 2 aliphatic rings. The number of hydrogen-bond donors (Lipinski definition) is 0. The Kier molecular flexibility index (Phi) is 3.14. The molecule has 118 valence electrons. The van der Waals surface area contributed by atoms with Crippen molar-refractivity contribution in [3.8, 4) is 0 Å². The van der Waals surface area contributed by atoms with Crippen LogP contribution in [0, 0.1) is 0 Å². The lowest BCUT2D eigenvalue weighted by molar-refractivity contribution is -0.504. The molecule has 1 aliphatic carbocycles. The van der Waals surface area contributed by atoms with Crippen molar-refractivity contribution in [2.75, 3.05) is 0 Å². The Morgan fingerprint density at radius 2 is 1.71 bits per heavy atom. The Bertz CT molecular complexity index is 1030. The summed E-state index contributed by atoms with van der Waals surface area (Å²) in [6.45, 7) is 0. The lowest BCUT2D eigenvalue weighted by atomic mass is 9.95. The summed E-state index contributed by atoms with van der Waals surface area (Å²) in [4.78, 5) is 0. The summed E-state index contributed by atoms with van der Waals surface area (Å²) in [6, 6.07) is 18.7. The van der Waals surface area contributed by atoms with Crippen molar-refractivity contribution in [1.82, 2.24) is 0 Å². The molecule has 0 atom stereocenters. The first-order chi connectivity index (χ1) is 11.9. The average molecular weight is 316 g/mol. The van der Waals surface area contributed by atoms with E-state index in [2.05, 4.69) is 57.9 Å². The van der Waals surface area contributed by atoms with Crippen LogP contribution >= 0.6 is 0 Å². The summed E-state index contributed by atoms with van der Waals surface area (Å²) in [6.07, 6.45) is 10.8. The number of para-hydroxylation sites is 1. The first-order valence-corrected chi connectivity index (χ1v) is 8.82. The van der Waals surface area contributed by atoms with E-state index in [1.165, 1.54) is 42.9 Å². The molecular formula is C21H20N2O+2. The van der Waals surface area contributed by atoms with Crippen LogP contribution in [-0.4, -0.2) is 21.2 Å². The molecule has 1 saturated carbocycles. The van der Waals surface area contributed by atoms with E-state index in [1.54, 1.807) is 0 Å². The van der Waals surface area contributed by atoms with Crippen LogP contribution in [0.2, 0.25) is 0 Å². The zero-order chi connectivity index (χ0) is 15.9. The molecule has 0 bridgehead atoms. The molecule has 1 aliphatic heterocycles. The Labute approximate surface area is 140 Å². The molecule has 3 heteroatoms. The molecule has 1 aromatic heterocycles. The van der Waals surface area contributed by atoms with Crippen LogP contribution in [0.5, 0.6) is 0 Å². The molecule has 3 nitrogen and oxygen atoms in total. The van der Waals surface area contributed by atoms with Gasteiger partial charge in [-0.2, -0.15) is 0 Å². The van der Waals surface area contributed by atoms with Gasteiger partial charge in [-0.15, -0.1) is 0 Å². The van der Waals surface area contributed by atoms with Crippen LogP contribution in [0.15, 0.2) is 59.3 Å². The van der Waals surface area contributed by atoms with Gasteiger partial charge in [0.1, 0.15) is 11.2 Å². The van der Waals surface area contributed by atoms with Crippen LogP contribution in [0.1, 0.15) is 32.1 Å². The molecular weight excluding hydrogens is 296 g/mol. The van der Waals surface area contributed by atoms with Crippen LogP contribution in [0.3, 0.4) is 0 Å². The molecule has 0 unspecified atom stereocenters. The maximum atomic E-state index is 6.00. The average Bonchev–Trinajstić information content (AvgIpc) is 3.27. The quantitative estimate of drug-likeness (QED) is 0.592. The van der Waals surface area contributed by atoms with Crippen molar-refractivity contribution in [2.45, 2.75) is 38.1 Å². The van der Waals surface area contributed by atoms with Crippen LogP contribution < -0.4 is 0 Å². The highest BCUT2D eigenvalue weighted by Gasteiger charge is 2.29. The fourth-order valence-electron chi connectivity index (χ4n) is 3.90. The number of hydrogen-bond acceptors (Lipinski definition) is 1. The standard InChI is InChI=1S/C21H20N2O/c1-2-6-16(7-3-1)22-12-13-23(15-22)17-10-11-19-18-8-4-5-9-20(18)24-21(19)14-17/h4-5,8-14,16H,1-3,6-7H2/q+2. The molecule has 24 heavy (non-hydrogen) atoms. The Morgan fingerprint density at radius 1 is 0.875 bits per heavy atom. The summed E-state index contributed by atoms with van der Waals surface area (Å²) in [5.41, 5.74) is 2.97. The molecule has 0 amide bonds. The highest BCUT2D eigenvalue weighted by atomic mass is 16.3. The van der Waals surface area contributed by atoms with E-state index in [1.807, 2.05) is 12.1 Å². The second-order valence-corrected chi connectivity index (χ2v) is 6.75. The van der Waals surface area contributed by atoms with Crippen molar-refractivity contribution < 1.29 is 13.6 Å². The largest absolute Gasteiger partial charge is 0.495 e. The normalized spacial score (nSPS) is 18.3. The van der Waals surface area contributed by atoms with E-state index in [0.29, 0.717) is 6.04 Å². The van der Waals surface area contributed by atoms with Gasteiger partial charge in [-0.25, -0.2) is 0 Å². The first-order valence-electron chi connectivity index (χ1n) is 8.82. The fourth-order valence-corrected chi connectivity index (χ4v) is 3.90. The third-order valence-corrected chi connectivity index (χ3v) is 5.21. The molecule has 2 aromatic carbocycles. The lowest BCUT2D eigenvalue weighted by Gasteiger charge is -2.13. The van der Waals surface area contributed by atoms with Gasteiger partial charge in [0.25, 0.3) is 6.20 Å². The molecule has 0 N–H and O–H groups in total. The SMILES string of the molecule is C1=[N+](c2ccc3c(c2)oc2ccccc23)C=C[N+]=1C1CCCCC1. The predicted octanol–water partition coefficient (Wildman–Crippen LogP) is 5.23. The fraction of sp³-hybridized carbons (Fsp3) is 0.286. The molecule has 0 saturated heterocycles. The summed E-state index contributed by atoms with van der Waals surface area (Å²) < 4.78 is 10.3. The van der Waals surface area contributed by atoms with Crippen molar-refractivity contribution in [3.05, 3.63) is 54.9 Å². The van der Waals surface area contributed by atoms with Crippen molar-refractivity contribution in [2.24, 2.45) is 0 Å². The van der Waals surface area contributed by atoms with Gasteiger partial charge in [-0.05, 0) is 25.0 Å². The Balaban J connectivity index is 1.58. The monoisotopic (exact) mass is 316 g/mol. The van der Waals surface area contributed by atoms with Gasteiger partial charge in [0.15, 0.2) is 6.04 Å². The molecule has 3 aromatic rings. The number of benzene rings is 2. The number of rotatable bonds is 2. The van der Waals surface area contributed by atoms with Gasteiger partial charge < -0.3 is 4.42 Å². The van der Waals surface area contributed by atoms with E-state index in [0.717, 1.165) is 16.9 Å². The summed E-state index contributed by atoms with van der Waals surface area (Å²) in [5, 5.41) is 2.34. The van der Waals surface area contributed by atoms with Gasteiger partial charge in [0, 0.05) is 29.7 Å². The Morgan fingerprint density at radius 3 is 2.62 bits per heavy atom. The summed E-state index contributed by atoms with van der Waals surface area (Å²) in [5.74, 6) is 0. The van der Waals surface area contributed by atoms with Crippen molar-refractivity contribution in [1.29, 1.82) is 0 Å². The molecule has 0 spiro atoms. The minimum absolute atomic E-state index is 0.606. The second kappa shape index (κ2) is 5.47. The third kappa shape index (κ3) is 2.21. The minimum atomic E-state index is 0.606. The van der Waals surface area contributed by atoms with E-state index in [-0.39, 0.29) is 0 Å². The Hall–Kier alpha value is -2.64. The van der Waals surface area contributed by atoms with Crippen molar-refractivity contribution in [3.63, 3.8) is 0 Å². The highest BCUT2D eigenvalue weighted by Crippen LogP contribution is 2.31. The first kappa shape index (κ1) is 13.8. The minimum Gasteiger partial charge on any atom is -0.456 e. The summed E-state index contributed by atoms with van der Waals surface area (Å²) >= 11 is 0. The predicted molar refractivity (Wildman–Crippen MR) is 94.9 cm³/mol. The van der Waals surface area contributed by atoms with Gasteiger partial charge in [-0.1, -0.05) is 33.8 Å². The van der Waals surface area contributed by atoms with Crippen molar-refractivity contribution >= 4 is 33.6 Å². The second-order valence-electron chi connectivity index (χ2n) is 6.75. The maximum absolute atomic E-state index is 6.00. The van der Waals surface area contributed by atoms with E-state index < -0.39 is 0 Å². The highest BCUT2D eigenvalue weighted by molar-refractivity contribution is 6.05. The maximum Gasteiger partial charge on any atom is 0.495 e. The molecule has 0 radical (unpaired) electrons. The van der Waals surface area contributed by atoms with E-state index in [4.69, 9.17) is 4.42 Å². The van der Waals surface area contributed by atoms with Gasteiger partial charge in [-0.3, -0.25) is 0 Å². The number of nitrogens with zero attached hydrogens (tertiary/aromatic N) is 2. The zero-order valence-electron chi connectivity index (χ0n) is 13.6. The molecule has 1 fully saturated rings. The molecule has 5 rings (SSSR count). The number of fused-ring (bicyclic) bond motifs is 3. The van der Waals surface area contributed by atoms with E-state index in [9.17, 15) is 0 Å². The van der Waals surface area contributed by atoms with E-state index >= 15 is 0 Å². The van der Waals surface area contributed by atoms with Crippen LogP contribution in [0.4, 0.5) is 5.69 Å². The summed E-state index contributed by atoms with van der Waals surface area (Å²) in [7, 11) is 0. The van der Waals surface area contributed by atoms with Gasteiger partial charge in [0.05, 0.1) is 6.07 Å². The van der Waals surface area contributed by atoms with Gasteiger partial charge >= 0.3 is 6.01 Å². The zero-order valence-corrected chi connectivity index (χ0v) is 13.6. The van der Waals surface area contributed by atoms with Crippen LogP contribution in [-0.2, 0) is 0 Å². The smallest absolute Gasteiger partial charge is 0.456 e. The van der Waals surface area contributed by atoms with Crippen LogP contribution in [0.25, 0.3) is 21.9 Å². The topological polar surface area (TPSA) is 19.2 Å². The molecule has 2 heterocycles. The number of furan rings is 1.